The second kappa shape index (κ2) is 7.21. The van der Waals surface area contributed by atoms with Crippen LogP contribution in [0.2, 0.25) is 0 Å². The summed E-state index contributed by atoms with van der Waals surface area (Å²) < 4.78 is 0. The zero-order valence-electron chi connectivity index (χ0n) is 13.7. The SMILES string of the molecule is CCCNc1nc(C)cc(N2CCN(c3ncccn3)CC2)n1. The molecule has 1 saturated heterocycles. The van der Waals surface area contributed by atoms with Gasteiger partial charge in [-0.25, -0.2) is 15.0 Å². The molecule has 1 aliphatic rings. The van der Waals surface area contributed by atoms with Gasteiger partial charge in [-0.2, -0.15) is 4.98 Å². The Hall–Kier alpha value is -2.44. The minimum Gasteiger partial charge on any atom is -0.354 e. The van der Waals surface area contributed by atoms with Crippen LogP contribution in [-0.4, -0.2) is 52.7 Å². The van der Waals surface area contributed by atoms with Gasteiger partial charge < -0.3 is 15.1 Å². The van der Waals surface area contributed by atoms with Crippen LogP contribution in [0.3, 0.4) is 0 Å². The van der Waals surface area contributed by atoms with Crippen LogP contribution in [0.25, 0.3) is 0 Å². The molecule has 1 fully saturated rings. The molecule has 0 aromatic carbocycles. The third kappa shape index (κ3) is 3.85. The number of nitrogens with zero attached hydrogens (tertiary/aromatic N) is 6. The molecule has 0 unspecified atom stereocenters. The number of hydrogen-bond acceptors (Lipinski definition) is 7. The van der Waals surface area contributed by atoms with Gasteiger partial charge in [-0.1, -0.05) is 6.92 Å². The van der Waals surface area contributed by atoms with Crippen LogP contribution in [-0.2, 0) is 0 Å². The van der Waals surface area contributed by atoms with Crippen LogP contribution < -0.4 is 15.1 Å². The Morgan fingerprint density at radius 2 is 1.74 bits per heavy atom. The van der Waals surface area contributed by atoms with Crippen LogP contribution in [0.5, 0.6) is 0 Å². The highest BCUT2D eigenvalue weighted by atomic mass is 15.3. The fourth-order valence-corrected chi connectivity index (χ4v) is 2.62. The Bertz CT molecular complexity index is 624. The predicted octanol–water partition coefficient (Wildman–Crippen LogP) is 1.72. The van der Waals surface area contributed by atoms with Gasteiger partial charge >= 0.3 is 0 Å². The molecule has 0 bridgehead atoms. The Morgan fingerprint density at radius 3 is 2.43 bits per heavy atom. The van der Waals surface area contributed by atoms with E-state index in [0.29, 0.717) is 0 Å². The molecule has 122 valence electrons. The minimum absolute atomic E-state index is 0.718. The first-order chi connectivity index (χ1) is 11.3. The fraction of sp³-hybridized carbons (Fsp3) is 0.500. The van der Waals surface area contributed by atoms with Gasteiger partial charge in [0.2, 0.25) is 11.9 Å². The molecule has 23 heavy (non-hydrogen) atoms. The van der Waals surface area contributed by atoms with E-state index in [2.05, 4.69) is 42.0 Å². The number of rotatable bonds is 5. The average molecular weight is 313 g/mol. The summed E-state index contributed by atoms with van der Waals surface area (Å²) in [5.74, 6) is 2.51. The normalized spacial score (nSPS) is 14.9. The first-order valence-electron chi connectivity index (χ1n) is 8.12. The Balaban J connectivity index is 1.66. The van der Waals surface area contributed by atoms with Gasteiger partial charge in [0.05, 0.1) is 0 Å². The highest BCUT2D eigenvalue weighted by Crippen LogP contribution is 2.18. The summed E-state index contributed by atoms with van der Waals surface area (Å²) in [6.45, 7) is 8.63. The molecular formula is C16H23N7. The van der Waals surface area contributed by atoms with E-state index in [0.717, 1.165) is 62.6 Å². The van der Waals surface area contributed by atoms with Crippen molar-refractivity contribution in [2.45, 2.75) is 20.3 Å². The van der Waals surface area contributed by atoms with Gasteiger partial charge in [0.1, 0.15) is 5.82 Å². The van der Waals surface area contributed by atoms with Crippen molar-refractivity contribution >= 4 is 17.7 Å². The molecule has 1 aliphatic heterocycles. The lowest BCUT2D eigenvalue weighted by atomic mass is 10.3. The Kier molecular flexibility index (Phi) is 4.85. The quantitative estimate of drug-likeness (QED) is 0.901. The zero-order valence-corrected chi connectivity index (χ0v) is 13.7. The van der Waals surface area contributed by atoms with Crippen LogP contribution in [0.15, 0.2) is 24.5 Å². The molecule has 1 N–H and O–H groups in total. The molecule has 2 aromatic heterocycles. The van der Waals surface area contributed by atoms with E-state index in [4.69, 9.17) is 0 Å². The summed E-state index contributed by atoms with van der Waals surface area (Å²) in [4.78, 5) is 22.2. The maximum atomic E-state index is 4.65. The maximum Gasteiger partial charge on any atom is 0.225 e. The van der Waals surface area contributed by atoms with E-state index in [1.54, 1.807) is 12.4 Å². The molecular weight excluding hydrogens is 290 g/mol. The van der Waals surface area contributed by atoms with Crippen LogP contribution in [0.1, 0.15) is 19.0 Å². The van der Waals surface area contributed by atoms with Gasteiger partial charge in [-0.3, -0.25) is 0 Å². The van der Waals surface area contributed by atoms with E-state index < -0.39 is 0 Å². The van der Waals surface area contributed by atoms with Gasteiger partial charge in [0, 0.05) is 56.9 Å². The lowest BCUT2D eigenvalue weighted by molar-refractivity contribution is 0.634. The maximum absolute atomic E-state index is 4.65. The molecule has 7 heteroatoms. The molecule has 3 heterocycles. The second-order valence-corrected chi connectivity index (χ2v) is 5.64. The van der Waals surface area contributed by atoms with Crippen molar-refractivity contribution in [1.82, 2.24) is 19.9 Å². The van der Waals surface area contributed by atoms with Gasteiger partial charge in [-0.15, -0.1) is 0 Å². The van der Waals surface area contributed by atoms with Crippen molar-refractivity contribution in [3.63, 3.8) is 0 Å². The second-order valence-electron chi connectivity index (χ2n) is 5.64. The van der Waals surface area contributed by atoms with Crippen molar-refractivity contribution in [3.8, 4) is 0 Å². The van der Waals surface area contributed by atoms with Gasteiger partial charge in [0.15, 0.2) is 0 Å². The third-order valence-electron chi connectivity index (χ3n) is 3.81. The van der Waals surface area contributed by atoms with E-state index in [1.807, 2.05) is 19.1 Å². The topological polar surface area (TPSA) is 70.1 Å². The van der Waals surface area contributed by atoms with E-state index in [1.165, 1.54) is 0 Å². The van der Waals surface area contributed by atoms with Crippen molar-refractivity contribution in [1.29, 1.82) is 0 Å². The summed E-state index contributed by atoms with van der Waals surface area (Å²) >= 11 is 0. The minimum atomic E-state index is 0.718. The summed E-state index contributed by atoms with van der Waals surface area (Å²) in [6.07, 6.45) is 4.63. The van der Waals surface area contributed by atoms with Crippen molar-refractivity contribution in [2.24, 2.45) is 0 Å². The summed E-state index contributed by atoms with van der Waals surface area (Å²) in [7, 11) is 0. The molecule has 0 atom stereocenters. The monoisotopic (exact) mass is 313 g/mol. The molecule has 0 aliphatic carbocycles. The first-order valence-corrected chi connectivity index (χ1v) is 8.12. The average Bonchev–Trinajstić information content (AvgIpc) is 2.60. The third-order valence-corrected chi connectivity index (χ3v) is 3.81. The number of piperazine rings is 1. The molecule has 0 spiro atoms. The molecule has 7 nitrogen and oxygen atoms in total. The molecule has 0 radical (unpaired) electrons. The number of nitrogens with one attached hydrogen (secondary N) is 1. The standard InChI is InChI=1S/C16H23N7/c1-3-5-17-15-20-13(2)12-14(21-15)22-8-10-23(11-9-22)16-18-6-4-7-19-16/h4,6-7,12H,3,5,8-11H2,1-2H3,(H,17,20,21). The zero-order chi connectivity index (χ0) is 16.1. The summed E-state index contributed by atoms with van der Waals surface area (Å²) in [5.41, 5.74) is 0.988. The van der Waals surface area contributed by atoms with Crippen molar-refractivity contribution < 1.29 is 0 Å². The largest absolute Gasteiger partial charge is 0.354 e. The lowest BCUT2D eigenvalue weighted by Gasteiger charge is -2.35. The van der Waals surface area contributed by atoms with Crippen LogP contribution in [0, 0.1) is 6.92 Å². The lowest BCUT2D eigenvalue weighted by Crippen LogP contribution is -2.47. The predicted molar refractivity (Wildman–Crippen MR) is 92.0 cm³/mol. The van der Waals surface area contributed by atoms with E-state index >= 15 is 0 Å². The fourth-order valence-electron chi connectivity index (χ4n) is 2.62. The molecule has 2 aromatic rings. The Labute approximate surface area is 136 Å². The first kappa shape index (κ1) is 15.5. The van der Waals surface area contributed by atoms with E-state index in [-0.39, 0.29) is 0 Å². The van der Waals surface area contributed by atoms with E-state index in [9.17, 15) is 0 Å². The number of hydrogen-bond donors (Lipinski definition) is 1. The van der Waals surface area contributed by atoms with Gasteiger partial charge in [0.25, 0.3) is 0 Å². The summed E-state index contributed by atoms with van der Waals surface area (Å²) in [6, 6.07) is 3.89. The Morgan fingerprint density at radius 1 is 1.04 bits per heavy atom. The highest BCUT2D eigenvalue weighted by Gasteiger charge is 2.20. The number of aryl methyl sites for hydroxylation is 1. The number of anilines is 3. The van der Waals surface area contributed by atoms with Crippen molar-refractivity contribution in [2.75, 3.05) is 47.8 Å². The molecule has 0 saturated carbocycles. The van der Waals surface area contributed by atoms with Crippen molar-refractivity contribution in [3.05, 3.63) is 30.2 Å². The molecule has 3 rings (SSSR count). The smallest absolute Gasteiger partial charge is 0.225 e. The summed E-state index contributed by atoms with van der Waals surface area (Å²) in [5, 5.41) is 3.27. The number of aromatic nitrogens is 4. The highest BCUT2D eigenvalue weighted by molar-refractivity contribution is 5.46. The van der Waals surface area contributed by atoms with Crippen LogP contribution in [0.4, 0.5) is 17.7 Å². The molecule has 0 amide bonds. The van der Waals surface area contributed by atoms with Crippen LogP contribution >= 0.6 is 0 Å². The van der Waals surface area contributed by atoms with Gasteiger partial charge in [-0.05, 0) is 19.4 Å².